The van der Waals surface area contributed by atoms with Crippen LogP contribution in [0.3, 0.4) is 0 Å². The van der Waals surface area contributed by atoms with Gasteiger partial charge in [-0.25, -0.2) is 5.43 Å². The smallest absolute Gasteiger partial charge is 0.289 e. The van der Waals surface area contributed by atoms with Gasteiger partial charge in [-0.05, 0) is 42.0 Å². The molecule has 3 aromatic rings. The van der Waals surface area contributed by atoms with Crippen molar-refractivity contribution in [3.8, 4) is 17.0 Å². The van der Waals surface area contributed by atoms with E-state index in [1.807, 2.05) is 42.5 Å². The van der Waals surface area contributed by atoms with Gasteiger partial charge in [-0.3, -0.25) is 9.89 Å². The van der Waals surface area contributed by atoms with Crippen molar-refractivity contribution in [1.29, 1.82) is 0 Å². The number of carbonyl (C=O) groups excluding carboxylic acids is 1. The van der Waals surface area contributed by atoms with E-state index in [0.29, 0.717) is 16.4 Å². The predicted octanol–water partition coefficient (Wildman–Crippen LogP) is 3.50. The molecular formula is C18H15ClN4O2. The maximum Gasteiger partial charge on any atom is 0.289 e. The number of H-pyrrole nitrogens is 1. The number of hydrogen-bond acceptors (Lipinski definition) is 4. The highest BCUT2D eigenvalue weighted by molar-refractivity contribution is 6.33. The van der Waals surface area contributed by atoms with Crippen molar-refractivity contribution in [1.82, 2.24) is 15.6 Å². The number of rotatable bonds is 5. The molecule has 3 rings (SSSR count). The second-order valence-corrected chi connectivity index (χ2v) is 5.53. The van der Waals surface area contributed by atoms with Gasteiger partial charge in [0.2, 0.25) is 0 Å². The van der Waals surface area contributed by atoms with Crippen molar-refractivity contribution < 1.29 is 9.53 Å². The number of ether oxygens (including phenoxy) is 1. The van der Waals surface area contributed by atoms with E-state index >= 15 is 0 Å². The second-order valence-electron chi connectivity index (χ2n) is 5.12. The number of nitrogens with one attached hydrogen (secondary N) is 2. The van der Waals surface area contributed by atoms with Crippen molar-refractivity contribution in [3.05, 3.63) is 70.9 Å². The van der Waals surface area contributed by atoms with E-state index in [1.165, 1.54) is 0 Å². The molecule has 0 saturated heterocycles. The summed E-state index contributed by atoms with van der Waals surface area (Å²) < 4.78 is 5.08. The normalized spacial score (nSPS) is 10.8. The first-order chi connectivity index (χ1) is 12.2. The second kappa shape index (κ2) is 7.63. The third-order valence-corrected chi connectivity index (χ3v) is 3.80. The molecular weight excluding hydrogens is 340 g/mol. The first-order valence-corrected chi connectivity index (χ1v) is 7.83. The van der Waals surface area contributed by atoms with Crippen molar-refractivity contribution >= 4 is 23.7 Å². The van der Waals surface area contributed by atoms with E-state index in [4.69, 9.17) is 16.3 Å². The summed E-state index contributed by atoms with van der Waals surface area (Å²) in [5, 5.41) is 11.3. The minimum Gasteiger partial charge on any atom is -0.497 e. The fourth-order valence-corrected chi connectivity index (χ4v) is 2.39. The Balaban J connectivity index is 1.65. The zero-order valence-electron chi connectivity index (χ0n) is 13.4. The Morgan fingerprint density at radius 1 is 1.24 bits per heavy atom. The summed E-state index contributed by atoms with van der Waals surface area (Å²) in [5.74, 6) is 0.362. The zero-order chi connectivity index (χ0) is 17.6. The van der Waals surface area contributed by atoms with Crippen LogP contribution in [0.25, 0.3) is 11.3 Å². The summed E-state index contributed by atoms with van der Waals surface area (Å²) in [6.07, 6.45) is 1.54. The standard InChI is InChI=1S/C18H15ClN4O2/c1-25-13-8-6-12(7-9-13)11-20-23-18(24)17-10-16(21-22-17)14-4-2-3-5-15(14)19/h2-11H,1H3,(H,21,22)(H,23,24). The Labute approximate surface area is 149 Å². The molecule has 0 saturated carbocycles. The van der Waals surface area contributed by atoms with E-state index in [-0.39, 0.29) is 0 Å². The van der Waals surface area contributed by atoms with Gasteiger partial charge in [-0.1, -0.05) is 29.8 Å². The summed E-state index contributed by atoms with van der Waals surface area (Å²) in [6.45, 7) is 0. The molecule has 2 N–H and O–H groups in total. The average Bonchev–Trinajstić information content (AvgIpc) is 3.12. The minimum atomic E-state index is -0.393. The summed E-state index contributed by atoms with van der Waals surface area (Å²) in [7, 11) is 1.60. The maximum absolute atomic E-state index is 12.1. The highest BCUT2D eigenvalue weighted by Crippen LogP contribution is 2.26. The first-order valence-electron chi connectivity index (χ1n) is 7.45. The van der Waals surface area contributed by atoms with Gasteiger partial charge in [-0.15, -0.1) is 0 Å². The molecule has 1 amide bonds. The molecule has 1 heterocycles. The van der Waals surface area contributed by atoms with Gasteiger partial charge in [0, 0.05) is 5.56 Å². The van der Waals surface area contributed by atoms with Gasteiger partial charge >= 0.3 is 0 Å². The Kier molecular flexibility index (Phi) is 5.11. The zero-order valence-corrected chi connectivity index (χ0v) is 14.1. The van der Waals surface area contributed by atoms with Crippen LogP contribution in [0.4, 0.5) is 0 Å². The Bertz CT molecular complexity index is 903. The Hall–Kier alpha value is -3.12. The van der Waals surface area contributed by atoms with Gasteiger partial charge in [-0.2, -0.15) is 10.2 Å². The van der Waals surface area contributed by atoms with E-state index < -0.39 is 5.91 Å². The quantitative estimate of drug-likeness (QED) is 0.543. The molecule has 0 radical (unpaired) electrons. The lowest BCUT2D eigenvalue weighted by Crippen LogP contribution is -2.17. The van der Waals surface area contributed by atoms with Crippen LogP contribution in [0.15, 0.2) is 59.7 Å². The molecule has 25 heavy (non-hydrogen) atoms. The molecule has 0 aliphatic heterocycles. The lowest BCUT2D eigenvalue weighted by Gasteiger charge is -1.99. The summed E-state index contributed by atoms with van der Waals surface area (Å²) in [4.78, 5) is 12.1. The highest BCUT2D eigenvalue weighted by Gasteiger charge is 2.12. The van der Waals surface area contributed by atoms with E-state index in [2.05, 4.69) is 20.7 Å². The van der Waals surface area contributed by atoms with Gasteiger partial charge in [0.15, 0.2) is 0 Å². The van der Waals surface area contributed by atoms with Gasteiger partial charge in [0.1, 0.15) is 11.4 Å². The molecule has 2 aromatic carbocycles. The molecule has 0 aliphatic carbocycles. The summed E-state index contributed by atoms with van der Waals surface area (Å²) in [6, 6.07) is 16.2. The third-order valence-electron chi connectivity index (χ3n) is 3.47. The highest BCUT2D eigenvalue weighted by atomic mass is 35.5. The van der Waals surface area contributed by atoms with Gasteiger partial charge in [0.05, 0.1) is 24.0 Å². The number of hydrazone groups is 1. The fraction of sp³-hybridized carbons (Fsp3) is 0.0556. The summed E-state index contributed by atoms with van der Waals surface area (Å²) in [5.41, 5.74) is 4.92. The molecule has 1 aromatic heterocycles. The molecule has 0 spiro atoms. The molecule has 0 unspecified atom stereocenters. The average molecular weight is 355 g/mol. The van der Waals surface area contributed by atoms with Gasteiger partial charge < -0.3 is 4.74 Å². The Morgan fingerprint density at radius 2 is 2.00 bits per heavy atom. The van der Waals surface area contributed by atoms with Crippen LogP contribution in [0.2, 0.25) is 5.02 Å². The van der Waals surface area contributed by atoms with Crippen molar-refractivity contribution in [3.63, 3.8) is 0 Å². The molecule has 0 atom stereocenters. The molecule has 7 heteroatoms. The monoisotopic (exact) mass is 354 g/mol. The predicted molar refractivity (Wildman–Crippen MR) is 97.1 cm³/mol. The topological polar surface area (TPSA) is 79.4 Å². The number of aromatic amines is 1. The van der Waals surface area contributed by atoms with Crippen LogP contribution in [-0.4, -0.2) is 29.4 Å². The summed E-state index contributed by atoms with van der Waals surface area (Å²) >= 11 is 6.13. The molecule has 0 bridgehead atoms. The number of halogens is 1. The van der Waals surface area contributed by atoms with Crippen LogP contribution in [-0.2, 0) is 0 Å². The van der Waals surface area contributed by atoms with Crippen LogP contribution in [0, 0.1) is 0 Å². The van der Waals surface area contributed by atoms with Crippen molar-refractivity contribution in [2.45, 2.75) is 0 Å². The van der Waals surface area contributed by atoms with Gasteiger partial charge in [0.25, 0.3) is 5.91 Å². The van der Waals surface area contributed by atoms with Crippen LogP contribution in [0.1, 0.15) is 16.1 Å². The molecule has 6 nitrogen and oxygen atoms in total. The maximum atomic E-state index is 12.1. The van der Waals surface area contributed by atoms with E-state index in [0.717, 1.165) is 16.9 Å². The number of hydrogen-bond donors (Lipinski definition) is 2. The van der Waals surface area contributed by atoms with Crippen LogP contribution < -0.4 is 10.2 Å². The Morgan fingerprint density at radius 3 is 2.72 bits per heavy atom. The number of methoxy groups -OCH3 is 1. The molecule has 0 aliphatic rings. The lowest BCUT2D eigenvalue weighted by atomic mass is 10.1. The van der Waals surface area contributed by atoms with E-state index in [9.17, 15) is 4.79 Å². The molecule has 0 fully saturated rings. The number of amides is 1. The minimum absolute atomic E-state index is 0.293. The third kappa shape index (κ3) is 4.05. The number of aromatic nitrogens is 2. The van der Waals surface area contributed by atoms with Crippen molar-refractivity contribution in [2.24, 2.45) is 5.10 Å². The molecule has 126 valence electrons. The lowest BCUT2D eigenvalue weighted by molar-refractivity contribution is 0.0950. The fourth-order valence-electron chi connectivity index (χ4n) is 2.16. The van der Waals surface area contributed by atoms with Crippen LogP contribution in [0.5, 0.6) is 5.75 Å². The SMILES string of the molecule is COc1ccc(C=NNC(=O)c2cc(-c3ccccc3Cl)n[nH]2)cc1. The van der Waals surface area contributed by atoms with Crippen LogP contribution >= 0.6 is 11.6 Å². The number of nitrogens with zero attached hydrogens (tertiary/aromatic N) is 2. The first kappa shape index (κ1) is 16.7. The largest absolute Gasteiger partial charge is 0.497 e. The van der Waals surface area contributed by atoms with Crippen molar-refractivity contribution in [2.75, 3.05) is 7.11 Å². The van der Waals surface area contributed by atoms with E-state index in [1.54, 1.807) is 25.5 Å². The number of benzene rings is 2. The number of carbonyl (C=O) groups is 1.